The number of hydrogen-bond acceptors (Lipinski definition) is 5. The maximum Gasteiger partial charge on any atom is 0.242 e. The van der Waals surface area contributed by atoms with E-state index in [1.165, 1.54) is 20.3 Å². The number of benzene rings is 1. The van der Waals surface area contributed by atoms with Crippen molar-refractivity contribution in [2.75, 3.05) is 14.2 Å². The third-order valence-corrected chi connectivity index (χ3v) is 6.30. The first-order chi connectivity index (χ1) is 10.4. The Kier molecular flexibility index (Phi) is 5.70. The normalized spacial score (nSPS) is 22.4. The molecule has 0 atom stereocenters. The molecule has 0 amide bonds. The molecule has 2 rings (SSSR count). The number of ether oxygens (including phenoxy) is 2. The van der Waals surface area contributed by atoms with Gasteiger partial charge in [0.2, 0.25) is 10.0 Å². The second-order valence-corrected chi connectivity index (χ2v) is 7.91. The molecule has 1 fully saturated rings. The predicted molar refractivity (Wildman–Crippen MR) is 87.8 cm³/mol. The molecule has 6 nitrogen and oxygen atoms in total. The highest BCUT2D eigenvalue weighted by Crippen LogP contribution is 2.35. The largest absolute Gasteiger partial charge is 0.493 e. The lowest BCUT2D eigenvalue weighted by molar-refractivity contribution is 0.353. The fraction of sp³-hybridized carbons (Fsp3) is 0.571. The summed E-state index contributed by atoms with van der Waals surface area (Å²) in [6.45, 7) is 0. The molecule has 1 aliphatic carbocycles. The molecule has 124 valence electrons. The Balaban J connectivity index is 2.25. The molecule has 1 aromatic carbocycles. The SMILES string of the molecule is COc1cc(Br)c(S(=O)(=O)NC2CCC(N)CC2)cc1OC. The lowest BCUT2D eigenvalue weighted by atomic mass is 9.93. The van der Waals surface area contributed by atoms with Crippen LogP contribution in [0.4, 0.5) is 0 Å². The average molecular weight is 393 g/mol. The van der Waals surface area contributed by atoms with Crippen molar-refractivity contribution < 1.29 is 17.9 Å². The number of sulfonamides is 1. The van der Waals surface area contributed by atoms with Gasteiger partial charge < -0.3 is 15.2 Å². The van der Waals surface area contributed by atoms with Crippen molar-refractivity contribution in [3.05, 3.63) is 16.6 Å². The Labute approximate surface area is 139 Å². The highest BCUT2D eigenvalue weighted by molar-refractivity contribution is 9.10. The maximum atomic E-state index is 12.6. The minimum atomic E-state index is -3.64. The van der Waals surface area contributed by atoms with Crippen LogP contribution in [0.25, 0.3) is 0 Å². The quantitative estimate of drug-likeness (QED) is 0.799. The fourth-order valence-corrected chi connectivity index (χ4v) is 4.90. The van der Waals surface area contributed by atoms with Crippen molar-refractivity contribution >= 4 is 26.0 Å². The first-order valence-electron chi connectivity index (χ1n) is 7.07. The second-order valence-electron chi connectivity index (χ2n) is 5.37. The molecule has 0 aromatic heterocycles. The van der Waals surface area contributed by atoms with Gasteiger partial charge in [-0.05, 0) is 47.7 Å². The van der Waals surface area contributed by atoms with Gasteiger partial charge in [-0.25, -0.2) is 13.1 Å². The zero-order chi connectivity index (χ0) is 16.3. The first-order valence-corrected chi connectivity index (χ1v) is 9.34. The summed E-state index contributed by atoms with van der Waals surface area (Å²) < 4.78 is 38.7. The Morgan fingerprint density at radius 1 is 1.14 bits per heavy atom. The summed E-state index contributed by atoms with van der Waals surface area (Å²) in [6, 6.07) is 3.14. The number of hydrogen-bond donors (Lipinski definition) is 2. The molecule has 1 aromatic rings. The van der Waals surface area contributed by atoms with Crippen LogP contribution in [0.2, 0.25) is 0 Å². The van der Waals surface area contributed by atoms with Crippen LogP contribution in [-0.4, -0.2) is 34.7 Å². The van der Waals surface area contributed by atoms with Gasteiger partial charge in [0.1, 0.15) is 4.90 Å². The highest BCUT2D eigenvalue weighted by Gasteiger charge is 2.27. The summed E-state index contributed by atoms with van der Waals surface area (Å²) in [5, 5.41) is 0. The number of nitrogens with one attached hydrogen (secondary N) is 1. The van der Waals surface area contributed by atoms with E-state index in [0.717, 1.165) is 25.7 Å². The standard InChI is InChI=1S/C14H21BrN2O4S/c1-20-12-7-11(15)14(8-13(12)21-2)22(18,19)17-10-5-3-9(16)4-6-10/h7-10,17H,3-6,16H2,1-2H3. The van der Waals surface area contributed by atoms with E-state index >= 15 is 0 Å². The molecule has 3 N–H and O–H groups in total. The van der Waals surface area contributed by atoms with E-state index in [9.17, 15) is 8.42 Å². The Bertz CT molecular complexity index is 628. The van der Waals surface area contributed by atoms with Gasteiger partial charge >= 0.3 is 0 Å². The second kappa shape index (κ2) is 7.16. The van der Waals surface area contributed by atoms with Crippen LogP contribution in [0.5, 0.6) is 11.5 Å². The van der Waals surface area contributed by atoms with Crippen LogP contribution in [0.15, 0.2) is 21.5 Å². The van der Waals surface area contributed by atoms with Crippen molar-refractivity contribution in [1.29, 1.82) is 0 Å². The molecule has 0 aliphatic heterocycles. The van der Waals surface area contributed by atoms with Gasteiger partial charge in [0.15, 0.2) is 11.5 Å². The van der Waals surface area contributed by atoms with Gasteiger partial charge in [-0.1, -0.05) is 0 Å². The number of methoxy groups -OCH3 is 2. The lowest BCUT2D eigenvalue weighted by Gasteiger charge is -2.26. The van der Waals surface area contributed by atoms with Crippen LogP contribution in [0, 0.1) is 0 Å². The summed E-state index contributed by atoms with van der Waals surface area (Å²) in [5.74, 6) is 0.841. The number of rotatable bonds is 5. The summed E-state index contributed by atoms with van der Waals surface area (Å²) in [5.41, 5.74) is 5.85. The Morgan fingerprint density at radius 2 is 1.68 bits per heavy atom. The van der Waals surface area contributed by atoms with E-state index in [-0.39, 0.29) is 17.0 Å². The zero-order valence-electron chi connectivity index (χ0n) is 12.6. The molecule has 1 saturated carbocycles. The van der Waals surface area contributed by atoms with E-state index in [0.29, 0.717) is 16.0 Å². The van der Waals surface area contributed by atoms with Crippen molar-refractivity contribution in [2.45, 2.75) is 42.7 Å². The predicted octanol–water partition coefficient (Wildman–Crippen LogP) is 2.01. The lowest BCUT2D eigenvalue weighted by Crippen LogP contribution is -2.40. The smallest absolute Gasteiger partial charge is 0.242 e. The third-order valence-electron chi connectivity index (χ3n) is 3.82. The van der Waals surface area contributed by atoms with Crippen LogP contribution in [-0.2, 0) is 10.0 Å². The minimum absolute atomic E-state index is 0.0789. The van der Waals surface area contributed by atoms with Gasteiger partial charge in [0, 0.05) is 22.6 Å². The van der Waals surface area contributed by atoms with Gasteiger partial charge in [-0.3, -0.25) is 0 Å². The molecule has 0 bridgehead atoms. The molecule has 0 radical (unpaired) electrons. The van der Waals surface area contributed by atoms with Crippen molar-refractivity contribution in [3.8, 4) is 11.5 Å². The molecular weight excluding hydrogens is 372 g/mol. The summed E-state index contributed by atoms with van der Waals surface area (Å²) in [7, 11) is -0.667. The molecule has 1 aliphatic rings. The molecule has 0 saturated heterocycles. The van der Waals surface area contributed by atoms with Gasteiger partial charge in [-0.15, -0.1) is 0 Å². The minimum Gasteiger partial charge on any atom is -0.493 e. The van der Waals surface area contributed by atoms with Gasteiger partial charge in [-0.2, -0.15) is 0 Å². The van der Waals surface area contributed by atoms with Crippen LogP contribution in [0.3, 0.4) is 0 Å². The molecule has 0 spiro atoms. The van der Waals surface area contributed by atoms with Crippen molar-refractivity contribution in [1.82, 2.24) is 4.72 Å². The average Bonchev–Trinajstić information content (AvgIpc) is 2.48. The summed E-state index contributed by atoms with van der Waals surface area (Å²) in [4.78, 5) is 0.139. The van der Waals surface area contributed by atoms with E-state index in [2.05, 4.69) is 20.7 Å². The van der Waals surface area contributed by atoms with Gasteiger partial charge in [0.05, 0.1) is 14.2 Å². The topological polar surface area (TPSA) is 90.7 Å². The van der Waals surface area contributed by atoms with E-state index < -0.39 is 10.0 Å². The van der Waals surface area contributed by atoms with Crippen LogP contribution in [0.1, 0.15) is 25.7 Å². The van der Waals surface area contributed by atoms with Crippen molar-refractivity contribution in [3.63, 3.8) is 0 Å². The molecule has 0 heterocycles. The molecule has 22 heavy (non-hydrogen) atoms. The van der Waals surface area contributed by atoms with Crippen molar-refractivity contribution in [2.24, 2.45) is 5.73 Å². The summed E-state index contributed by atoms with van der Waals surface area (Å²) >= 11 is 3.29. The van der Waals surface area contributed by atoms with E-state index in [4.69, 9.17) is 15.2 Å². The van der Waals surface area contributed by atoms with E-state index in [1.807, 2.05) is 0 Å². The third kappa shape index (κ3) is 3.92. The Hall–Kier alpha value is -0.830. The monoisotopic (exact) mass is 392 g/mol. The first kappa shape index (κ1) is 17.5. The number of halogens is 1. The molecule has 8 heteroatoms. The highest BCUT2D eigenvalue weighted by atomic mass is 79.9. The maximum absolute atomic E-state index is 12.6. The van der Waals surface area contributed by atoms with Crippen LogP contribution < -0.4 is 19.9 Å². The summed E-state index contributed by atoms with van der Waals surface area (Å²) in [6.07, 6.45) is 3.18. The van der Waals surface area contributed by atoms with Crippen LogP contribution >= 0.6 is 15.9 Å². The van der Waals surface area contributed by atoms with Gasteiger partial charge in [0.25, 0.3) is 0 Å². The molecular formula is C14H21BrN2O4S. The Morgan fingerprint density at radius 3 is 2.23 bits per heavy atom. The fourth-order valence-electron chi connectivity index (χ4n) is 2.56. The molecule has 0 unspecified atom stereocenters. The van der Waals surface area contributed by atoms with E-state index in [1.54, 1.807) is 6.07 Å². The number of nitrogens with two attached hydrogens (primary N) is 1. The zero-order valence-corrected chi connectivity index (χ0v) is 15.0.